The summed E-state index contributed by atoms with van der Waals surface area (Å²) in [4.78, 5) is 6.83. The second-order valence-electron chi connectivity index (χ2n) is 7.99. The van der Waals surface area contributed by atoms with E-state index in [0.29, 0.717) is 0 Å². The van der Waals surface area contributed by atoms with Gasteiger partial charge < -0.3 is 25.4 Å². The highest BCUT2D eigenvalue weighted by Gasteiger charge is 2.23. The minimum Gasteiger partial charge on any atom is -0.497 e. The monoisotopic (exact) mass is 519 g/mol. The lowest BCUT2D eigenvalue weighted by Gasteiger charge is -2.35. The van der Waals surface area contributed by atoms with Crippen LogP contribution in [0.25, 0.3) is 0 Å². The number of guanidine groups is 1. The average Bonchev–Trinajstić information content (AvgIpc) is 2.70. The van der Waals surface area contributed by atoms with Crippen molar-refractivity contribution in [2.45, 2.75) is 32.4 Å². The van der Waals surface area contributed by atoms with Crippen LogP contribution in [0.4, 0.5) is 0 Å². The van der Waals surface area contributed by atoms with E-state index in [4.69, 9.17) is 9.47 Å². The van der Waals surface area contributed by atoms with Crippen molar-refractivity contribution in [3.8, 4) is 5.75 Å². The molecule has 1 unspecified atom stereocenters. The van der Waals surface area contributed by atoms with Crippen LogP contribution in [0.5, 0.6) is 5.75 Å². The van der Waals surface area contributed by atoms with Gasteiger partial charge in [-0.3, -0.25) is 9.89 Å². The first-order chi connectivity index (χ1) is 13.4. The molecule has 0 radical (unpaired) electrons. The number of halogens is 1. The smallest absolute Gasteiger partial charge is 0.191 e. The molecule has 8 heteroatoms. The fourth-order valence-corrected chi connectivity index (χ4v) is 3.21. The first-order valence-electron chi connectivity index (χ1n) is 10.1. The Morgan fingerprint density at radius 3 is 2.34 bits per heavy atom. The summed E-state index contributed by atoms with van der Waals surface area (Å²) in [5.41, 5.74) is 1.38. The molecule has 1 aromatic rings. The van der Waals surface area contributed by atoms with Crippen LogP contribution in [0.2, 0.25) is 0 Å². The van der Waals surface area contributed by atoms with Gasteiger partial charge in [-0.2, -0.15) is 0 Å². The molecule has 2 rings (SSSR count). The minimum atomic E-state index is 0. The number of aliphatic imine (C=N–C) groups is 1. The third-order valence-electron chi connectivity index (χ3n) is 4.75. The van der Waals surface area contributed by atoms with E-state index in [1.807, 2.05) is 19.2 Å². The van der Waals surface area contributed by atoms with Crippen LogP contribution in [0.15, 0.2) is 29.3 Å². The molecule has 7 nitrogen and oxygen atoms in total. The number of morpholine rings is 1. The summed E-state index contributed by atoms with van der Waals surface area (Å²) in [6, 6.07) is 8.58. The number of ether oxygens (including phenoxy) is 2. The molecule has 1 heterocycles. The van der Waals surface area contributed by atoms with Crippen molar-refractivity contribution in [1.82, 2.24) is 20.9 Å². The van der Waals surface area contributed by atoms with E-state index in [-0.39, 0.29) is 35.6 Å². The zero-order chi connectivity index (χ0) is 20.4. The average molecular weight is 519 g/mol. The van der Waals surface area contributed by atoms with Gasteiger partial charge in [0.1, 0.15) is 5.75 Å². The fourth-order valence-electron chi connectivity index (χ4n) is 3.21. The maximum atomic E-state index is 5.54. The first-order valence-corrected chi connectivity index (χ1v) is 10.1. The standard InChI is InChI=1S/C21H37N5O2.HI/c1-21(2,3)25-11-10-23-20(22-4)24-16-19(26-12-14-28-15-13-26)17-6-8-18(27-5)9-7-17;/h6-9,19,25H,10-16H2,1-5H3,(H2,22,23,24);1H. The highest BCUT2D eigenvalue weighted by Crippen LogP contribution is 2.23. The lowest BCUT2D eigenvalue weighted by atomic mass is 10.0. The third kappa shape index (κ3) is 9.50. The van der Waals surface area contributed by atoms with Crippen LogP contribution in [0.3, 0.4) is 0 Å². The molecule has 3 N–H and O–H groups in total. The van der Waals surface area contributed by atoms with E-state index in [9.17, 15) is 0 Å². The summed E-state index contributed by atoms with van der Waals surface area (Å²) >= 11 is 0. The van der Waals surface area contributed by atoms with Gasteiger partial charge in [0.05, 0.1) is 26.4 Å². The summed E-state index contributed by atoms with van der Waals surface area (Å²) < 4.78 is 10.8. The number of rotatable bonds is 8. The van der Waals surface area contributed by atoms with E-state index in [0.717, 1.165) is 57.6 Å². The number of nitrogens with one attached hydrogen (secondary N) is 3. The molecule has 0 bridgehead atoms. The fraction of sp³-hybridized carbons (Fsp3) is 0.667. The predicted molar refractivity (Wildman–Crippen MR) is 131 cm³/mol. The van der Waals surface area contributed by atoms with Crippen molar-refractivity contribution in [2.75, 3.05) is 60.1 Å². The molecule has 0 aliphatic carbocycles. The Hall–Kier alpha value is -1.10. The SMILES string of the molecule is CN=C(NCCNC(C)(C)C)NCC(c1ccc(OC)cc1)N1CCOCC1.I. The van der Waals surface area contributed by atoms with Crippen LogP contribution < -0.4 is 20.7 Å². The van der Waals surface area contributed by atoms with Crippen LogP contribution >= 0.6 is 24.0 Å². The molecule has 1 saturated heterocycles. The van der Waals surface area contributed by atoms with Gasteiger partial charge in [0.25, 0.3) is 0 Å². The lowest BCUT2D eigenvalue weighted by molar-refractivity contribution is 0.0170. The molecule has 166 valence electrons. The van der Waals surface area contributed by atoms with Gasteiger partial charge in [-0.15, -0.1) is 24.0 Å². The normalized spacial score (nSPS) is 16.7. The Morgan fingerprint density at radius 2 is 1.79 bits per heavy atom. The largest absolute Gasteiger partial charge is 0.497 e. The van der Waals surface area contributed by atoms with Crippen molar-refractivity contribution < 1.29 is 9.47 Å². The topological polar surface area (TPSA) is 70.2 Å². The molecule has 0 aromatic heterocycles. The highest BCUT2D eigenvalue weighted by molar-refractivity contribution is 14.0. The Labute approximate surface area is 193 Å². The van der Waals surface area contributed by atoms with Crippen molar-refractivity contribution >= 4 is 29.9 Å². The number of hydrogen-bond donors (Lipinski definition) is 3. The molecular formula is C21H38IN5O2. The summed E-state index contributed by atoms with van der Waals surface area (Å²) in [7, 11) is 3.50. The number of methoxy groups -OCH3 is 1. The van der Waals surface area contributed by atoms with Gasteiger partial charge in [-0.05, 0) is 38.5 Å². The Kier molecular flexibility index (Phi) is 11.9. The molecule has 0 saturated carbocycles. The first kappa shape index (κ1) is 25.9. The van der Waals surface area contributed by atoms with Gasteiger partial charge in [-0.25, -0.2) is 0 Å². The summed E-state index contributed by atoms with van der Waals surface area (Å²) in [6.45, 7) is 12.4. The van der Waals surface area contributed by atoms with Crippen LogP contribution in [0.1, 0.15) is 32.4 Å². The quantitative estimate of drug-likeness (QED) is 0.212. The minimum absolute atomic E-state index is 0. The van der Waals surface area contributed by atoms with Crippen molar-refractivity contribution in [3.63, 3.8) is 0 Å². The van der Waals surface area contributed by atoms with Gasteiger partial charge >= 0.3 is 0 Å². The Morgan fingerprint density at radius 1 is 1.14 bits per heavy atom. The Balaban J connectivity index is 0.00000420. The van der Waals surface area contributed by atoms with Gasteiger partial charge in [0, 0.05) is 45.3 Å². The van der Waals surface area contributed by atoms with Gasteiger partial charge in [0.15, 0.2) is 5.96 Å². The second-order valence-corrected chi connectivity index (χ2v) is 7.99. The van der Waals surface area contributed by atoms with Crippen LogP contribution in [-0.4, -0.2) is 76.5 Å². The van der Waals surface area contributed by atoms with E-state index in [2.05, 4.69) is 58.7 Å². The molecule has 0 spiro atoms. The van der Waals surface area contributed by atoms with E-state index < -0.39 is 0 Å². The Bertz CT molecular complexity index is 598. The number of nitrogens with zero attached hydrogens (tertiary/aromatic N) is 2. The summed E-state index contributed by atoms with van der Waals surface area (Å²) in [6.07, 6.45) is 0. The summed E-state index contributed by atoms with van der Waals surface area (Å²) in [5, 5.41) is 10.3. The number of benzene rings is 1. The molecule has 1 fully saturated rings. The lowest BCUT2D eigenvalue weighted by Crippen LogP contribution is -2.48. The zero-order valence-electron chi connectivity index (χ0n) is 18.5. The molecule has 29 heavy (non-hydrogen) atoms. The van der Waals surface area contributed by atoms with Crippen LogP contribution in [-0.2, 0) is 4.74 Å². The predicted octanol–water partition coefficient (Wildman–Crippen LogP) is 2.24. The maximum Gasteiger partial charge on any atom is 0.191 e. The van der Waals surface area contributed by atoms with E-state index >= 15 is 0 Å². The summed E-state index contributed by atoms with van der Waals surface area (Å²) in [5.74, 6) is 1.70. The molecule has 1 aliphatic heterocycles. The zero-order valence-corrected chi connectivity index (χ0v) is 20.8. The van der Waals surface area contributed by atoms with Gasteiger partial charge in [-0.1, -0.05) is 12.1 Å². The van der Waals surface area contributed by atoms with E-state index in [1.165, 1.54) is 5.56 Å². The van der Waals surface area contributed by atoms with Crippen molar-refractivity contribution in [3.05, 3.63) is 29.8 Å². The molecular weight excluding hydrogens is 481 g/mol. The van der Waals surface area contributed by atoms with Crippen molar-refractivity contribution in [2.24, 2.45) is 4.99 Å². The van der Waals surface area contributed by atoms with Crippen LogP contribution in [0, 0.1) is 0 Å². The molecule has 1 aliphatic rings. The van der Waals surface area contributed by atoms with Gasteiger partial charge in [0.2, 0.25) is 0 Å². The molecule has 1 aromatic carbocycles. The second kappa shape index (κ2) is 13.3. The number of hydrogen-bond acceptors (Lipinski definition) is 5. The highest BCUT2D eigenvalue weighted by atomic mass is 127. The van der Waals surface area contributed by atoms with E-state index in [1.54, 1.807) is 7.11 Å². The molecule has 0 amide bonds. The third-order valence-corrected chi connectivity index (χ3v) is 4.75. The van der Waals surface area contributed by atoms with Crippen molar-refractivity contribution in [1.29, 1.82) is 0 Å². The maximum absolute atomic E-state index is 5.54. The molecule has 1 atom stereocenters.